The number of nitrogens with two attached hydrogens (primary N) is 1. The lowest BCUT2D eigenvalue weighted by Crippen LogP contribution is -2.36. The van der Waals surface area contributed by atoms with Crippen LogP contribution in [0.1, 0.15) is 26.3 Å². The van der Waals surface area contributed by atoms with Crippen LogP contribution in [0.3, 0.4) is 0 Å². The van der Waals surface area contributed by atoms with Gasteiger partial charge in [0, 0.05) is 18.8 Å². The summed E-state index contributed by atoms with van der Waals surface area (Å²) < 4.78 is 0. The molecule has 3 nitrogen and oxygen atoms in total. The van der Waals surface area contributed by atoms with Gasteiger partial charge in [-0.1, -0.05) is 12.1 Å². The Morgan fingerprint density at radius 2 is 1.69 bits per heavy atom. The van der Waals surface area contributed by atoms with Crippen molar-refractivity contribution >= 4 is 5.69 Å². The smallest absolute Gasteiger partial charge is 0.0650 e. The maximum atomic E-state index is 9.18. The van der Waals surface area contributed by atoms with E-state index in [2.05, 4.69) is 30.9 Å². The number of benzene rings is 1. The first kappa shape index (κ1) is 13.0. The highest BCUT2D eigenvalue weighted by Crippen LogP contribution is 2.21. The molecule has 0 bridgehead atoms. The Bertz CT molecular complexity index is 315. The van der Waals surface area contributed by atoms with Crippen LogP contribution in [0.2, 0.25) is 0 Å². The van der Waals surface area contributed by atoms with Crippen molar-refractivity contribution in [1.29, 1.82) is 0 Å². The molecule has 1 rings (SSSR count). The second-order valence-electron chi connectivity index (χ2n) is 4.29. The standard InChI is InChI=1S/C13H22N2O/c1-4-15(5-2)12-8-6-11(7-9-12)13(3,14)10-16/h6-9,16H,4-5,10,14H2,1-3H3. The highest BCUT2D eigenvalue weighted by Gasteiger charge is 2.19. The van der Waals surface area contributed by atoms with Gasteiger partial charge >= 0.3 is 0 Å². The number of aliphatic hydroxyl groups excluding tert-OH is 1. The van der Waals surface area contributed by atoms with E-state index < -0.39 is 5.54 Å². The Morgan fingerprint density at radius 3 is 2.06 bits per heavy atom. The number of hydrogen-bond donors (Lipinski definition) is 2. The molecule has 0 fully saturated rings. The van der Waals surface area contributed by atoms with Crippen molar-refractivity contribution in [3.8, 4) is 0 Å². The molecule has 3 heteroatoms. The van der Waals surface area contributed by atoms with Gasteiger partial charge in [-0.3, -0.25) is 0 Å². The number of nitrogens with zero attached hydrogens (tertiary/aromatic N) is 1. The first-order chi connectivity index (χ1) is 7.55. The summed E-state index contributed by atoms with van der Waals surface area (Å²) in [5.41, 5.74) is 7.47. The molecule has 3 N–H and O–H groups in total. The molecule has 0 saturated carbocycles. The third-order valence-corrected chi connectivity index (χ3v) is 2.98. The quantitative estimate of drug-likeness (QED) is 0.797. The lowest BCUT2D eigenvalue weighted by Gasteiger charge is -2.25. The van der Waals surface area contributed by atoms with Crippen molar-refractivity contribution in [2.45, 2.75) is 26.3 Å². The van der Waals surface area contributed by atoms with Gasteiger partial charge in [-0.25, -0.2) is 0 Å². The number of anilines is 1. The third kappa shape index (κ3) is 2.74. The van der Waals surface area contributed by atoms with Crippen LogP contribution >= 0.6 is 0 Å². The zero-order valence-corrected chi connectivity index (χ0v) is 10.4. The van der Waals surface area contributed by atoms with Crippen molar-refractivity contribution in [1.82, 2.24) is 0 Å². The van der Waals surface area contributed by atoms with Gasteiger partial charge in [0.05, 0.1) is 12.1 Å². The first-order valence-electron chi connectivity index (χ1n) is 5.80. The van der Waals surface area contributed by atoms with Crippen LogP contribution < -0.4 is 10.6 Å². The molecule has 0 aliphatic rings. The van der Waals surface area contributed by atoms with E-state index in [1.807, 2.05) is 19.1 Å². The molecular weight excluding hydrogens is 200 g/mol. The Balaban J connectivity index is 2.90. The van der Waals surface area contributed by atoms with E-state index in [0.717, 1.165) is 18.7 Å². The highest BCUT2D eigenvalue weighted by atomic mass is 16.3. The molecule has 1 aromatic rings. The van der Waals surface area contributed by atoms with E-state index in [4.69, 9.17) is 5.73 Å². The van der Waals surface area contributed by atoms with Crippen LogP contribution in [0.15, 0.2) is 24.3 Å². The molecular formula is C13H22N2O. The van der Waals surface area contributed by atoms with Crippen molar-refractivity contribution < 1.29 is 5.11 Å². The molecule has 0 radical (unpaired) electrons. The van der Waals surface area contributed by atoms with E-state index in [1.54, 1.807) is 0 Å². The zero-order valence-electron chi connectivity index (χ0n) is 10.4. The van der Waals surface area contributed by atoms with Gasteiger partial charge in [-0.15, -0.1) is 0 Å². The summed E-state index contributed by atoms with van der Waals surface area (Å²) in [5.74, 6) is 0. The van der Waals surface area contributed by atoms with Gasteiger partial charge < -0.3 is 15.7 Å². The largest absolute Gasteiger partial charge is 0.394 e. The summed E-state index contributed by atoms with van der Waals surface area (Å²) in [6.07, 6.45) is 0. The predicted molar refractivity (Wildman–Crippen MR) is 68.6 cm³/mol. The molecule has 0 amide bonds. The van der Waals surface area contributed by atoms with Gasteiger partial charge in [0.25, 0.3) is 0 Å². The third-order valence-electron chi connectivity index (χ3n) is 2.98. The molecule has 0 aliphatic heterocycles. The van der Waals surface area contributed by atoms with Crippen molar-refractivity contribution in [2.24, 2.45) is 5.73 Å². The molecule has 1 aromatic carbocycles. The average Bonchev–Trinajstić information content (AvgIpc) is 2.31. The number of rotatable bonds is 5. The molecule has 1 unspecified atom stereocenters. The fourth-order valence-corrected chi connectivity index (χ4v) is 1.73. The van der Waals surface area contributed by atoms with Crippen LogP contribution in [0.25, 0.3) is 0 Å². The van der Waals surface area contributed by atoms with Crippen LogP contribution in [0.4, 0.5) is 5.69 Å². The minimum atomic E-state index is -0.651. The van der Waals surface area contributed by atoms with E-state index in [1.165, 1.54) is 5.69 Å². The molecule has 0 saturated heterocycles. The second-order valence-corrected chi connectivity index (χ2v) is 4.29. The lowest BCUT2D eigenvalue weighted by atomic mass is 9.94. The zero-order chi connectivity index (χ0) is 12.2. The van der Waals surface area contributed by atoms with Crippen LogP contribution in [0, 0.1) is 0 Å². The maximum absolute atomic E-state index is 9.18. The molecule has 1 atom stereocenters. The van der Waals surface area contributed by atoms with Crippen LogP contribution in [0.5, 0.6) is 0 Å². The van der Waals surface area contributed by atoms with E-state index in [-0.39, 0.29) is 6.61 Å². The highest BCUT2D eigenvalue weighted by molar-refractivity contribution is 5.48. The van der Waals surface area contributed by atoms with Crippen molar-refractivity contribution in [2.75, 3.05) is 24.6 Å². The second kappa shape index (κ2) is 5.32. The summed E-state index contributed by atoms with van der Waals surface area (Å²) in [7, 11) is 0. The van der Waals surface area contributed by atoms with Gasteiger partial charge in [-0.05, 0) is 38.5 Å². The summed E-state index contributed by atoms with van der Waals surface area (Å²) in [4.78, 5) is 2.27. The summed E-state index contributed by atoms with van der Waals surface area (Å²) in [6, 6.07) is 8.10. The Kier molecular flexibility index (Phi) is 4.33. The fraction of sp³-hybridized carbons (Fsp3) is 0.538. The monoisotopic (exact) mass is 222 g/mol. The first-order valence-corrected chi connectivity index (χ1v) is 5.80. The normalized spacial score (nSPS) is 14.6. The Labute approximate surface area is 97.9 Å². The molecule has 90 valence electrons. The minimum Gasteiger partial charge on any atom is -0.394 e. The lowest BCUT2D eigenvalue weighted by molar-refractivity contribution is 0.210. The summed E-state index contributed by atoms with van der Waals surface area (Å²) >= 11 is 0. The van der Waals surface area contributed by atoms with Gasteiger partial charge in [0.1, 0.15) is 0 Å². The van der Waals surface area contributed by atoms with Gasteiger partial charge in [-0.2, -0.15) is 0 Å². The molecule has 0 aliphatic carbocycles. The molecule has 16 heavy (non-hydrogen) atoms. The van der Waals surface area contributed by atoms with Gasteiger partial charge in [0.15, 0.2) is 0 Å². The summed E-state index contributed by atoms with van der Waals surface area (Å²) in [6.45, 7) is 8.05. The molecule has 0 spiro atoms. The Hall–Kier alpha value is -1.06. The fourth-order valence-electron chi connectivity index (χ4n) is 1.73. The number of hydrogen-bond acceptors (Lipinski definition) is 3. The van der Waals surface area contributed by atoms with Gasteiger partial charge in [0.2, 0.25) is 0 Å². The average molecular weight is 222 g/mol. The maximum Gasteiger partial charge on any atom is 0.0650 e. The van der Waals surface area contributed by atoms with E-state index >= 15 is 0 Å². The Morgan fingerprint density at radius 1 is 1.19 bits per heavy atom. The van der Waals surface area contributed by atoms with E-state index in [0.29, 0.717) is 0 Å². The summed E-state index contributed by atoms with van der Waals surface area (Å²) in [5, 5.41) is 9.18. The molecule has 0 heterocycles. The predicted octanol–water partition coefficient (Wildman–Crippen LogP) is 1.70. The SMILES string of the molecule is CCN(CC)c1ccc(C(C)(N)CO)cc1. The number of aliphatic hydroxyl groups is 1. The molecule has 0 aromatic heterocycles. The van der Waals surface area contributed by atoms with Crippen molar-refractivity contribution in [3.05, 3.63) is 29.8 Å². The topological polar surface area (TPSA) is 49.5 Å². The minimum absolute atomic E-state index is 0.0440. The van der Waals surface area contributed by atoms with Crippen LogP contribution in [-0.4, -0.2) is 24.8 Å². The van der Waals surface area contributed by atoms with Crippen molar-refractivity contribution in [3.63, 3.8) is 0 Å². The van der Waals surface area contributed by atoms with E-state index in [9.17, 15) is 5.11 Å². The van der Waals surface area contributed by atoms with Crippen LogP contribution in [-0.2, 0) is 5.54 Å².